The van der Waals surface area contributed by atoms with E-state index in [1.54, 1.807) is 11.3 Å². The first kappa shape index (κ1) is 14.0. The summed E-state index contributed by atoms with van der Waals surface area (Å²) in [7, 11) is 0. The Morgan fingerprint density at radius 3 is 2.95 bits per heavy atom. The van der Waals surface area contributed by atoms with Crippen LogP contribution in [0.5, 0.6) is 0 Å². The highest BCUT2D eigenvalue weighted by Gasteiger charge is 2.36. The van der Waals surface area contributed by atoms with Gasteiger partial charge in [-0.05, 0) is 19.8 Å². The van der Waals surface area contributed by atoms with Crippen molar-refractivity contribution in [1.82, 2.24) is 19.5 Å². The molecular formula is C14H19N5O2S. The summed E-state index contributed by atoms with van der Waals surface area (Å²) in [6.07, 6.45) is 3.85. The molecule has 0 saturated carbocycles. The fourth-order valence-electron chi connectivity index (χ4n) is 3.16. The van der Waals surface area contributed by atoms with Gasteiger partial charge in [-0.3, -0.25) is 4.79 Å². The van der Waals surface area contributed by atoms with E-state index in [0.29, 0.717) is 26.3 Å². The van der Waals surface area contributed by atoms with Gasteiger partial charge >= 0.3 is 0 Å². The van der Waals surface area contributed by atoms with E-state index in [2.05, 4.69) is 15.0 Å². The minimum Gasteiger partial charge on any atom is -0.378 e. The van der Waals surface area contributed by atoms with Crippen LogP contribution in [-0.4, -0.2) is 64.3 Å². The van der Waals surface area contributed by atoms with Crippen molar-refractivity contribution in [3.63, 3.8) is 0 Å². The molecule has 0 spiro atoms. The lowest BCUT2D eigenvalue weighted by Crippen LogP contribution is -2.49. The maximum absolute atomic E-state index is 12.8. The predicted molar refractivity (Wildman–Crippen MR) is 83.4 cm³/mol. The molecule has 4 rings (SSSR count). The van der Waals surface area contributed by atoms with Crippen molar-refractivity contribution in [2.24, 2.45) is 0 Å². The van der Waals surface area contributed by atoms with Crippen LogP contribution in [0.1, 0.15) is 18.5 Å². The molecule has 2 aromatic rings. The Morgan fingerprint density at radius 2 is 2.18 bits per heavy atom. The zero-order chi connectivity index (χ0) is 15.1. The summed E-state index contributed by atoms with van der Waals surface area (Å²) < 4.78 is 7.14. The average molecular weight is 321 g/mol. The minimum atomic E-state index is -0.0879. The summed E-state index contributed by atoms with van der Waals surface area (Å²) in [4.78, 5) is 22.2. The number of carbonyl (C=O) groups is 1. The Bertz CT molecular complexity index is 659. The number of hydrogen-bond acceptors (Lipinski definition) is 6. The predicted octanol–water partition coefficient (Wildman–Crippen LogP) is 0.927. The number of amides is 1. The second-order valence-electron chi connectivity index (χ2n) is 5.78. The van der Waals surface area contributed by atoms with Crippen molar-refractivity contribution < 1.29 is 9.53 Å². The quantitative estimate of drug-likeness (QED) is 0.823. The maximum Gasteiger partial charge on any atom is 0.245 e. The second kappa shape index (κ2) is 5.51. The first-order valence-corrected chi connectivity index (χ1v) is 8.50. The third-order valence-corrected chi connectivity index (χ3v) is 5.22. The third-order valence-electron chi connectivity index (χ3n) is 4.26. The normalized spacial score (nSPS) is 22.7. The molecule has 0 radical (unpaired) electrons. The number of morpholine rings is 1. The molecule has 1 amide bonds. The van der Waals surface area contributed by atoms with E-state index in [4.69, 9.17) is 4.74 Å². The number of ether oxygens (including phenoxy) is 1. The first-order chi connectivity index (χ1) is 10.7. The van der Waals surface area contributed by atoms with E-state index in [1.165, 1.54) is 0 Å². The monoisotopic (exact) mass is 321 g/mol. The zero-order valence-electron chi connectivity index (χ0n) is 12.6. The lowest BCUT2D eigenvalue weighted by atomic mass is 10.2. The van der Waals surface area contributed by atoms with Gasteiger partial charge in [-0.2, -0.15) is 0 Å². The molecule has 1 atom stereocenters. The summed E-state index contributed by atoms with van der Waals surface area (Å²) >= 11 is 1.55. The fourth-order valence-corrected chi connectivity index (χ4v) is 4.17. The van der Waals surface area contributed by atoms with Gasteiger partial charge in [0.05, 0.1) is 25.1 Å². The van der Waals surface area contributed by atoms with Crippen LogP contribution < -0.4 is 4.90 Å². The molecule has 0 aromatic carbocycles. The molecule has 0 aliphatic carbocycles. The smallest absolute Gasteiger partial charge is 0.245 e. The van der Waals surface area contributed by atoms with Crippen molar-refractivity contribution in [3.05, 3.63) is 11.9 Å². The number of fused-ring (bicyclic) bond motifs is 1. The van der Waals surface area contributed by atoms with Gasteiger partial charge in [0.15, 0.2) is 0 Å². The molecule has 22 heavy (non-hydrogen) atoms. The Balaban J connectivity index is 1.56. The van der Waals surface area contributed by atoms with E-state index in [9.17, 15) is 4.79 Å². The molecule has 2 aromatic heterocycles. The van der Waals surface area contributed by atoms with E-state index >= 15 is 0 Å². The molecule has 7 nitrogen and oxygen atoms in total. The third kappa shape index (κ3) is 2.36. The van der Waals surface area contributed by atoms with Crippen LogP contribution in [-0.2, 0) is 9.53 Å². The van der Waals surface area contributed by atoms with Gasteiger partial charge in [0.25, 0.3) is 0 Å². The Morgan fingerprint density at radius 1 is 1.36 bits per heavy atom. The second-order valence-corrected chi connectivity index (χ2v) is 6.72. The van der Waals surface area contributed by atoms with Crippen molar-refractivity contribution in [3.8, 4) is 0 Å². The highest BCUT2D eigenvalue weighted by atomic mass is 32.1. The lowest BCUT2D eigenvalue weighted by molar-refractivity contribution is -0.136. The SMILES string of the molecule is Cc1cn2nc(N3CCC[C@@H]3C(=O)N3CCOCC3)sc2n1. The minimum absolute atomic E-state index is 0.0879. The zero-order valence-corrected chi connectivity index (χ0v) is 13.4. The fraction of sp³-hybridized carbons (Fsp3) is 0.643. The van der Waals surface area contributed by atoms with Crippen LogP contribution in [0.4, 0.5) is 5.13 Å². The number of carbonyl (C=O) groups excluding carboxylic acids is 1. The van der Waals surface area contributed by atoms with Crippen LogP contribution in [0.15, 0.2) is 6.20 Å². The van der Waals surface area contributed by atoms with Crippen molar-refractivity contribution in [2.45, 2.75) is 25.8 Å². The van der Waals surface area contributed by atoms with E-state index < -0.39 is 0 Å². The topological polar surface area (TPSA) is 63.0 Å². The molecule has 2 aliphatic rings. The number of rotatable bonds is 2. The summed E-state index contributed by atoms with van der Waals surface area (Å²) in [5, 5.41) is 5.49. The Hall–Kier alpha value is -1.67. The molecule has 4 heterocycles. The number of aryl methyl sites for hydroxylation is 1. The molecule has 0 N–H and O–H groups in total. The van der Waals surface area contributed by atoms with E-state index in [1.807, 2.05) is 22.5 Å². The van der Waals surface area contributed by atoms with Gasteiger partial charge in [0.2, 0.25) is 16.0 Å². The Labute approximate surface area is 132 Å². The summed E-state index contributed by atoms with van der Waals surface area (Å²) in [5.74, 6) is 0.213. The maximum atomic E-state index is 12.8. The summed E-state index contributed by atoms with van der Waals surface area (Å²) in [6, 6.07) is -0.0879. The lowest BCUT2D eigenvalue weighted by Gasteiger charge is -2.32. The molecule has 2 saturated heterocycles. The molecule has 2 aliphatic heterocycles. The largest absolute Gasteiger partial charge is 0.378 e. The van der Waals surface area contributed by atoms with Crippen LogP contribution in [0.2, 0.25) is 0 Å². The van der Waals surface area contributed by atoms with E-state index in [0.717, 1.165) is 35.2 Å². The summed E-state index contributed by atoms with van der Waals surface area (Å²) in [5.41, 5.74) is 0.965. The van der Waals surface area contributed by atoms with E-state index in [-0.39, 0.29) is 11.9 Å². The van der Waals surface area contributed by atoms with Crippen molar-refractivity contribution >= 4 is 27.3 Å². The first-order valence-electron chi connectivity index (χ1n) is 7.68. The number of imidazole rings is 1. The molecule has 0 bridgehead atoms. The van der Waals surface area contributed by atoms with Gasteiger partial charge in [-0.15, -0.1) is 5.10 Å². The van der Waals surface area contributed by atoms with Crippen LogP contribution in [0, 0.1) is 6.92 Å². The van der Waals surface area contributed by atoms with Gasteiger partial charge in [-0.25, -0.2) is 9.50 Å². The molecule has 8 heteroatoms. The molecule has 0 unspecified atom stereocenters. The average Bonchev–Trinajstić information content (AvgIpc) is 3.20. The molecular weight excluding hydrogens is 302 g/mol. The van der Waals surface area contributed by atoms with Crippen molar-refractivity contribution in [2.75, 3.05) is 37.7 Å². The highest BCUT2D eigenvalue weighted by Crippen LogP contribution is 2.30. The highest BCUT2D eigenvalue weighted by molar-refractivity contribution is 7.20. The van der Waals surface area contributed by atoms with Gasteiger partial charge in [0.1, 0.15) is 6.04 Å². The van der Waals surface area contributed by atoms with Gasteiger partial charge in [-0.1, -0.05) is 11.3 Å². The van der Waals surface area contributed by atoms with Crippen LogP contribution in [0.25, 0.3) is 4.96 Å². The molecule has 2 fully saturated rings. The Kier molecular flexibility index (Phi) is 3.50. The summed E-state index contributed by atoms with van der Waals surface area (Å²) in [6.45, 7) is 5.52. The number of aromatic nitrogens is 3. The van der Waals surface area contributed by atoms with Crippen molar-refractivity contribution in [1.29, 1.82) is 0 Å². The van der Waals surface area contributed by atoms with Crippen LogP contribution >= 0.6 is 11.3 Å². The standard InChI is InChI=1S/C14H19N5O2S/c1-10-9-19-13(15-10)22-14(16-19)18-4-2-3-11(18)12(20)17-5-7-21-8-6-17/h9,11H,2-8H2,1H3/t11-/m1/s1. The van der Waals surface area contributed by atoms with Crippen LogP contribution in [0.3, 0.4) is 0 Å². The number of nitrogens with zero attached hydrogens (tertiary/aromatic N) is 5. The number of anilines is 1. The van der Waals surface area contributed by atoms with Gasteiger partial charge in [0, 0.05) is 19.6 Å². The molecule has 118 valence electrons. The number of hydrogen-bond donors (Lipinski definition) is 0. The van der Waals surface area contributed by atoms with Gasteiger partial charge < -0.3 is 14.5 Å².